The van der Waals surface area contributed by atoms with Crippen LogP contribution in [0.5, 0.6) is 0 Å². The Balaban J connectivity index is 2.04. The van der Waals surface area contributed by atoms with Crippen LogP contribution in [0.15, 0.2) is 22.8 Å². The van der Waals surface area contributed by atoms with Gasteiger partial charge >= 0.3 is 0 Å². The molecule has 1 aliphatic rings. The maximum Gasteiger partial charge on any atom is 0.129 e. The lowest BCUT2D eigenvalue weighted by Crippen LogP contribution is -2.42. The molecule has 0 aliphatic carbocycles. The van der Waals surface area contributed by atoms with Gasteiger partial charge in [-0.1, -0.05) is 6.07 Å². The minimum absolute atomic E-state index is 0.623. The van der Waals surface area contributed by atoms with E-state index in [0.717, 1.165) is 10.4 Å². The van der Waals surface area contributed by atoms with E-state index in [1.807, 2.05) is 12.1 Å². The highest BCUT2D eigenvalue weighted by Gasteiger charge is 2.21. The van der Waals surface area contributed by atoms with E-state index in [0.29, 0.717) is 6.04 Å². The summed E-state index contributed by atoms with van der Waals surface area (Å²) < 4.78 is 0.907. The van der Waals surface area contributed by atoms with Crippen molar-refractivity contribution >= 4 is 21.7 Å². The number of anilines is 1. The molecule has 0 atom stereocenters. The van der Waals surface area contributed by atoms with Crippen molar-refractivity contribution < 1.29 is 0 Å². The number of hydrogen-bond donors (Lipinski definition) is 0. The summed E-state index contributed by atoms with van der Waals surface area (Å²) in [5.74, 6) is 1.06. The monoisotopic (exact) mass is 283 g/mol. The summed E-state index contributed by atoms with van der Waals surface area (Å²) in [6.07, 6.45) is 2.45. The first-order chi connectivity index (χ1) is 7.66. The first kappa shape index (κ1) is 11.9. The Morgan fingerprint density at radius 2 is 2.06 bits per heavy atom. The summed E-state index contributed by atoms with van der Waals surface area (Å²) in [7, 11) is 4.33. The predicted molar refractivity (Wildman–Crippen MR) is 70.9 cm³/mol. The Labute approximate surface area is 106 Å². The fraction of sp³-hybridized carbons (Fsp3) is 0.583. The van der Waals surface area contributed by atoms with Crippen molar-refractivity contribution in [3.8, 4) is 0 Å². The first-order valence-electron chi connectivity index (χ1n) is 5.71. The lowest BCUT2D eigenvalue weighted by Gasteiger charge is -2.35. The van der Waals surface area contributed by atoms with Crippen molar-refractivity contribution in [2.45, 2.75) is 18.9 Å². The molecular formula is C12H18BrN3. The highest BCUT2D eigenvalue weighted by Crippen LogP contribution is 2.21. The van der Waals surface area contributed by atoms with Crippen molar-refractivity contribution in [2.24, 2.45) is 0 Å². The van der Waals surface area contributed by atoms with Crippen molar-refractivity contribution in [1.29, 1.82) is 0 Å². The summed E-state index contributed by atoms with van der Waals surface area (Å²) in [4.78, 5) is 9.19. The minimum atomic E-state index is 0.623. The second-order valence-electron chi connectivity index (χ2n) is 4.46. The third kappa shape index (κ3) is 2.74. The Kier molecular flexibility index (Phi) is 3.82. The fourth-order valence-corrected chi connectivity index (χ4v) is 2.50. The summed E-state index contributed by atoms with van der Waals surface area (Å²) in [5, 5.41) is 0. The SMILES string of the molecule is CN1CCC(N(C)c2cccc(Br)n2)CC1. The third-order valence-electron chi connectivity index (χ3n) is 3.30. The van der Waals surface area contributed by atoms with E-state index >= 15 is 0 Å². The zero-order valence-electron chi connectivity index (χ0n) is 9.86. The molecule has 0 aromatic carbocycles. The Morgan fingerprint density at radius 3 is 2.69 bits per heavy atom. The van der Waals surface area contributed by atoms with Gasteiger partial charge in [-0.25, -0.2) is 4.98 Å². The molecule has 1 fully saturated rings. The van der Waals surface area contributed by atoms with Crippen LogP contribution in [0.1, 0.15) is 12.8 Å². The average Bonchev–Trinajstić information content (AvgIpc) is 2.29. The number of likely N-dealkylation sites (tertiary alicyclic amines) is 1. The van der Waals surface area contributed by atoms with Crippen LogP contribution in [0.2, 0.25) is 0 Å². The zero-order chi connectivity index (χ0) is 11.5. The van der Waals surface area contributed by atoms with Crippen molar-refractivity contribution in [1.82, 2.24) is 9.88 Å². The molecule has 1 aliphatic heterocycles. The quantitative estimate of drug-likeness (QED) is 0.777. The molecule has 0 bridgehead atoms. The van der Waals surface area contributed by atoms with E-state index in [1.54, 1.807) is 0 Å². The van der Waals surface area contributed by atoms with E-state index in [2.05, 4.69) is 50.9 Å². The largest absolute Gasteiger partial charge is 0.357 e. The minimum Gasteiger partial charge on any atom is -0.357 e. The van der Waals surface area contributed by atoms with Crippen LogP contribution in [0.25, 0.3) is 0 Å². The summed E-state index contributed by atoms with van der Waals surface area (Å²) >= 11 is 3.42. The van der Waals surface area contributed by atoms with E-state index in [-0.39, 0.29) is 0 Å². The number of pyridine rings is 1. The lowest BCUT2D eigenvalue weighted by molar-refractivity contribution is 0.252. The Morgan fingerprint density at radius 1 is 1.38 bits per heavy atom. The fourth-order valence-electron chi connectivity index (χ4n) is 2.16. The number of aromatic nitrogens is 1. The maximum absolute atomic E-state index is 4.50. The van der Waals surface area contributed by atoms with Gasteiger partial charge in [0.2, 0.25) is 0 Å². The average molecular weight is 284 g/mol. The Bertz CT molecular complexity index is 348. The maximum atomic E-state index is 4.50. The normalized spacial score (nSPS) is 18.7. The second-order valence-corrected chi connectivity index (χ2v) is 5.28. The molecular weight excluding hydrogens is 266 g/mol. The molecule has 4 heteroatoms. The summed E-state index contributed by atoms with van der Waals surface area (Å²) in [6.45, 7) is 2.37. The van der Waals surface area contributed by atoms with Gasteiger partial charge in [0, 0.05) is 13.1 Å². The Hall–Kier alpha value is -0.610. The number of halogens is 1. The first-order valence-corrected chi connectivity index (χ1v) is 6.50. The molecule has 2 heterocycles. The van der Waals surface area contributed by atoms with Crippen LogP contribution < -0.4 is 4.90 Å². The van der Waals surface area contributed by atoms with E-state index < -0.39 is 0 Å². The molecule has 0 spiro atoms. The van der Waals surface area contributed by atoms with Crippen LogP contribution in [0.4, 0.5) is 5.82 Å². The third-order valence-corrected chi connectivity index (χ3v) is 3.74. The van der Waals surface area contributed by atoms with Crippen molar-refractivity contribution in [2.75, 3.05) is 32.1 Å². The van der Waals surface area contributed by atoms with Crippen LogP contribution in [-0.4, -0.2) is 43.1 Å². The molecule has 3 nitrogen and oxygen atoms in total. The highest BCUT2D eigenvalue weighted by atomic mass is 79.9. The standard InChI is InChI=1S/C12H18BrN3/c1-15-8-6-10(7-9-15)16(2)12-5-3-4-11(13)14-12/h3-5,10H,6-9H2,1-2H3. The van der Waals surface area contributed by atoms with Gasteiger partial charge < -0.3 is 9.80 Å². The molecule has 2 rings (SSSR count). The molecule has 1 saturated heterocycles. The molecule has 1 aromatic heterocycles. The van der Waals surface area contributed by atoms with E-state index in [9.17, 15) is 0 Å². The molecule has 0 radical (unpaired) electrons. The topological polar surface area (TPSA) is 19.4 Å². The van der Waals surface area contributed by atoms with Crippen molar-refractivity contribution in [3.63, 3.8) is 0 Å². The van der Waals surface area contributed by atoms with E-state index in [4.69, 9.17) is 0 Å². The highest BCUT2D eigenvalue weighted by molar-refractivity contribution is 9.10. The van der Waals surface area contributed by atoms with Crippen molar-refractivity contribution in [3.05, 3.63) is 22.8 Å². The molecule has 1 aromatic rings. The molecule has 16 heavy (non-hydrogen) atoms. The molecule has 0 amide bonds. The number of rotatable bonds is 2. The van der Waals surface area contributed by atoms with Crippen LogP contribution in [0.3, 0.4) is 0 Å². The van der Waals surface area contributed by atoms with Gasteiger partial charge in [-0.3, -0.25) is 0 Å². The van der Waals surface area contributed by atoms with Gasteiger partial charge in [0.1, 0.15) is 10.4 Å². The number of nitrogens with zero attached hydrogens (tertiary/aromatic N) is 3. The van der Waals surface area contributed by atoms with Crippen LogP contribution in [0, 0.1) is 0 Å². The van der Waals surface area contributed by atoms with E-state index in [1.165, 1.54) is 25.9 Å². The van der Waals surface area contributed by atoms with Gasteiger partial charge in [0.25, 0.3) is 0 Å². The molecule has 0 saturated carbocycles. The summed E-state index contributed by atoms with van der Waals surface area (Å²) in [5.41, 5.74) is 0. The van der Waals surface area contributed by atoms with Gasteiger partial charge in [-0.2, -0.15) is 0 Å². The van der Waals surface area contributed by atoms with Gasteiger partial charge in [-0.05, 0) is 61.0 Å². The zero-order valence-corrected chi connectivity index (χ0v) is 11.4. The predicted octanol–water partition coefficient (Wildman–Crippen LogP) is 2.37. The van der Waals surface area contributed by atoms with Crippen LogP contribution in [-0.2, 0) is 0 Å². The van der Waals surface area contributed by atoms with Crippen LogP contribution >= 0.6 is 15.9 Å². The second kappa shape index (κ2) is 5.15. The smallest absolute Gasteiger partial charge is 0.129 e. The summed E-state index contributed by atoms with van der Waals surface area (Å²) in [6, 6.07) is 6.70. The number of piperidine rings is 1. The molecule has 88 valence electrons. The van der Waals surface area contributed by atoms with Gasteiger partial charge in [0.05, 0.1) is 0 Å². The molecule has 0 unspecified atom stereocenters. The van der Waals surface area contributed by atoms with Gasteiger partial charge in [0.15, 0.2) is 0 Å². The lowest BCUT2D eigenvalue weighted by atomic mass is 10.0. The molecule has 0 N–H and O–H groups in total. The van der Waals surface area contributed by atoms with Gasteiger partial charge in [-0.15, -0.1) is 0 Å². The number of hydrogen-bond acceptors (Lipinski definition) is 3.